The van der Waals surface area contributed by atoms with E-state index in [0.717, 1.165) is 24.1 Å². The summed E-state index contributed by atoms with van der Waals surface area (Å²) in [5, 5.41) is 14.6. The largest absolute Gasteiger partial charge is 0.507 e. The van der Waals surface area contributed by atoms with Crippen LogP contribution in [0.5, 0.6) is 5.75 Å². The van der Waals surface area contributed by atoms with Crippen LogP contribution in [0.4, 0.5) is 0 Å². The van der Waals surface area contributed by atoms with Crippen molar-refractivity contribution in [3.63, 3.8) is 0 Å². The molecule has 0 saturated carbocycles. The Morgan fingerprint density at radius 2 is 1.58 bits per heavy atom. The monoisotopic (exact) mass is 343 g/mol. The second-order valence-corrected chi connectivity index (χ2v) is 7.32. The van der Waals surface area contributed by atoms with Gasteiger partial charge in [0.05, 0.1) is 0 Å². The summed E-state index contributed by atoms with van der Waals surface area (Å²) in [6, 6.07) is 23.4. The summed E-state index contributed by atoms with van der Waals surface area (Å²) in [4.78, 5) is 0. The van der Waals surface area contributed by atoms with Gasteiger partial charge in [-0.25, -0.2) is 0 Å². The normalized spacial score (nSPS) is 18.7. The summed E-state index contributed by atoms with van der Waals surface area (Å²) in [5.74, 6) is 0.788. The van der Waals surface area contributed by atoms with Gasteiger partial charge in [0.25, 0.3) is 0 Å². The van der Waals surface area contributed by atoms with Crippen molar-refractivity contribution < 1.29 is 5.11 Å². The minimum absolute atomic E-state index is 0.117. The molecule has 26 heavy (non-hydrogen) atoms. The molecule has 2 N–H and O–H groups in total. The Morgan fingerprint density at radius 3 is 2.27 bits per heavy atom. The van der Waals surface area contributed by atoms with Gasteiger partial charge in [0.2, 0.25) is 0 Å². The number of hydrogen-bond donors (Lipinski definition) is 2. The van der Waals surface area contributed by atoms with Crippen LogP contribution in [0.1, 0.15) is 45.3 Å². The molecule has 0 saturated heterocycles. The van der Waals surface area contributed by atoms with Crippen molar-refractivity contribution >= 4 is 0 Å². The fourth-order valence-electron chi connectivity index (χ4n) is 4.27. The van der Waals surface area contributed by atoms with E-state index in [0.29, 0.717) is 11.7 Å². The van der Waals surface area contributed by atoms with Crippen LogP contribution in [-0.2, 0) is 13.0 Å². The minimum atomic E-state index is 0.117. The van der Waals surface area contributed by atoms with Crippen LogP contribution in [0.25, 0.3) is 0 Å². The molecule has 132 valence electrons. The van der Waals surface area contributed by atoms with Crippen LogP contribution < -0.4 is 5.32 Å². The molecule has 0 heterocycles. The number of rotatable bonds is 4. The quantitative estimate of drug-likeness (QED) is 0.684. The maximum atomic E-state index is 10.8. The van der Waals surface area contributed by atoms with Crippen molar-refractivity contribution in [1.29, 1.82) is 0 Å². The third-order valence-corrected chi connectivity index (χ3v) is 5.60. The van der Waals surface area contributed by atoms with Gasteiger partial charge in [0.1, 0.15) is 5.75 Å². The van der Waals surface area contributed by atoms with Crippen LogP contribution in [0.15, 0.2) is 66.7 Å². The lowest BCUT2D eigenvalue weighted by Gasteiger charge is -2.23. The molecule has 2 heteroatoms. The zero-order chi connectivity index (χ0) is 18.1. The molecule has 1 aliphatic carbocycles. The molecular formula is C24H25NO. The lowest BCUT2D eigenvalue weighted by Crippen LogP contribution is -2.24. The van der Waals surface area contributed by atoms with Gasteiger partial charge in [-0.2, -0.15) is 0 Å². The molecule has 0 amide bonds. The fraction of sp³-hybridized carbons (Fsp3) is 0.250. The van der Waals surface area contributed by atoms with Crippen molar-refractivity contribution in [3.8, 4) is 5.75 Å². The van der Waals surface area contributed by atoms with E-state index in [1.54, 1.807) is 0 Å². The zero-order valence-corrected chi connectivity index (χ0v) is 15.4. The summed E-state index contributed by atoms with van der Waals surface area (Å²) in [6.45, 7) is 4.94. The van der Waals surface area contributed by atoms with Gasteiger partial charge in [-0.1, -0.05) is 66.7 Å². The number of fused-ring (bicyclic) bond motifs is 1. The molecule has 4 rings (SSSR count). The summed E-state index contributed by atoms with van der Waals surface area (Å²) in [6.07, 6.45) is 0.964. The number of nitrogens with one attached hydrogen (secondary N) is 1. The maximum absolute atomic E-state index is 10.8. The van der Waals surface area contributed by atoms with Crippen LogP contribution in [0.3, 0.4) is 0 Å². The Bertz CT molecular complexity index is 902. The second kappa shape index (κ2) is 6.97. The predicted octanol–water partition coefficient (Wildman–Crippen LogP) is 5.18. The summed E-state index contributed by atoms with van der Waals surface area (Å²) in [7, 11) is 0. The molecule has 0 spiro atoms. The summed E-state index contributed by atoms with van der Waals surface area (Å²) in [5.41, 5.74) is 7.21. The Labute approximate surface area is 155 Å². The van der Waals surface area contributed by atoms with Crippen molar-refractivity contribution in [2.24, 2.45) is 0 Å². The zero-order valence-electron chi connectivity index (χ0n) is 15.4. The standard InChI is InChI=1S/C24H25NO/c1-16-13-17(2)24(26)22-20(16)14-21(19-11-7-4-8-12-19)23(22)25-15-18-9-5-3-6-10-18/h3-13,21,23,25-26H,14-15H2,1-2H3. The molecule has 3 aromatic rings. The molecule has 2 unspecified atom stereocenters. The predicted molar refractivity (Wildman–Crippen MR) is 106 cm³/mol. The van der Waals surface area contributed by atoms with Gasteiger partial charge in [-0.3, -0.25) is 0 Å². The topological polar surface area (TPSA) is 32.3 Å². The second-order valence-electron chi connectivity index (χ2n) is 7.32. The van der Waals surface area contributed by atoms with Crippen molar-refractivity contribution in [3.05, 3.63) is 100 Å². The number of hydrogen-bond acceptors (Lipinski definition) is 2. The molecule has 0 bridgehead atoms. The van der Waals surface area contributed by atoms with Crippen molar-refractivity contribution in [2.45, 2.75) is 38.8 Å². The van der Waals surface area contributed by atoms with Gasteiger partial charge in [-0.15, -0.1) is 0 Å². The fourth-order valence-corrected chi connectivity index (χ4v) is 4.27. The number of phenols is 1. The van der Waals surface area contributed by atoms with Crippen molar-refractivity contribution in [1.82, 2.24) is 5.32 Å². The van der Waals surface area contributed by atoms with Gasteiger partial charge >= 0.3 is 0 Å². The summed E-state index contributed by atoms with van der Waals surface area (Å²) < 4.78 is 0. The minimum Gasteiger partial charge on any atom is -0.507 e. The third kappa shape index (κ3) is 3.02. The highest BCUT2D eigenvalue weighted by molar-refractivity contribution is 5.55. The molecule has 2 nitrogen and oxygen atoms in total. The highest BCUT2D eigenvalue weighted by Gasteiger charge is 2.36. The SMILES string of the molecule is Cc1cc(C)c2c(c1O)C(NCc1ccccc1)C(c1ccccc1)C2. The van der Waals surface area contributed by atoms with Crippen LogP contribution >= 0.6 is 0 Å². The van der Waals surface area contributed by atoms with E-state index in [-0.39, 0.29) is 6.04 Å². The first-order valence-electron chi connectivity index (χ1n) is 9.29. The van der Waals surface area contributed by atoms with E-state index in [1.165, 1.54) is 22.3 Å². The molecule has 0 aromatic heterocycles. The molecule has 0 fully saturated rings. The Balaban J connectivity index is 1.73. The summed E-state index contributed by atoms with van der Waals surface area (Å²) >= 11 is 0. The first-order chi connectivity index (χ1) is 12.6. The average molecular weight is 343 g/mol. The molecule has 1 aliphatic rings. The highest BCUT2D eigenvalue weighted by atomic mass is 16.3. The number of benzene rings is 3. The van der Waals surface area contributed by atoms with Gasteiger partial charge in [0.15, 0.2) is 0 Å². The van der Waals surface area contributed by atoms with Crippen LogP contribution in [0, 0.1) is 13.8 Å². The maximum Gasteiger partial charge on any atom is 0.123 e. The van der Waals surface area contributed by atoms with E-state index in [2.05, 4.69) is 72.9 Å². The Hall–Kier alpha value is -2.58. The smallest absolute Gasteiger partial charge is 0.123 e. The molecule has 0 aliphatic heterocycles. The number of aryl methyl sites for hydroxylation is 2. The molecule has 3 aromatic carbocycles. The lowest BCUT2D eigenvalue weighted by molar-refractivity contribution is 0.429. The third-order valence-electron chi connectivity index (χ3n) is 5.60. The van der Waals surface area contributed by atoms with Gasteiger partial charge < -0.3 is 10.4 Å². The van der Waals surface area contributed by atoms with Gasteiger partial charge in [0, 0.05) is 24.1 Å². The van der Waals surface area contributed by atoms with Crippen molar-refractivity contribution in [2.75, 3.05) is 0 Å². The van der Waals surface area contributed by atoms with E-state index in [9.17, 15) is 5.11 Å². The van der Waals surface area contributed by atoms with E-state index < -0.39 is 0 Å². The van der Waals surface area contributed by atoms with Crippen LogP contribution in [0.2, 0.25) is 0 Å². The van der Waals surface area contributed by atoms with E-state index in [4.69, 9.17) is 0 Å². The molecular weight excluding hydrogens is 318 g/mol. The van der Waals surface area contributed by atoms with Gasteiger partial charge in [-0.05, 0) is 48.1 Å². The van der Waals surface area contributed by atoms with Crippen LogP contribution in [-0.4, -0.2) is 5.11 Å². The Kier molecular flexibility index (Phi) is 4.52. The first-order valence-corrected chi connectivity index (χ1v) is 9.29. The highest BCUT2D eigenvalue weighted by Crippen LogP contribution is 2.48. The van der Waals surface area contributed by atoms with E-state index in [1.807, 2.05) is 13.0 Å². The first kappa shape index (κ1) is 16.9. The Morgan fingerprint density at radius 1 is 0.923 bits per heavy atom. The van der Waals surface area contributed by atoms with E-state index >= 15 is 0 Å². The molecule has 0 radical (unpaired) electrons. The lowest BCUT2D eigenvalue weighted by atomic mass is 9.91. The number of phenolic OH excluding ortho intramolecular Hbond substituents is 1. The average Bonchev–Trinajstić information content (AvgIpc) is 3.06. The molecule has 2 atom stereocenters. The number of aromatic hydroxyl groups is 1.